The van der Waals surface area contributed by atoms with Crippen LogP contribution in [0.4, 0.5) is 0 Å². The SMILES string of the molecule is CC(=O)[C@@]12C(=O)C(CC=C(C)C)=C3O[C@H](C(C)(C)O)C[C@]3(C[C@H](CC=C(C)C)[C@@]1(C)CCC=C(C)C)C2=O. The maximum Gasteiger partial charge on any atom is 0.184 e. The van der Waals surface area contributed by atoms with Gasteiger partial charge in [0, 0.05) is 12.0 Å². The van der Waals surface area contributed by atoms with E-state index in [0.29, 0.717) is 43.4 Å². The number of hydrogen-bond acceptors (Lipinski definition) is 5. The number of aliphatic hydroxyl groups is 1. The smallest absolute Gasteiger partial charge is 0.184 e. The summed E-state index contributed by atoms with van der Waals surface area (Å²) in [5.41, 5.74) is -1.11. The average molecular weight is 525 g/mol. The fraction of sp³-hybridized carbons (Fsp3) is 0.667. The summed E-state index contributed by atoms with van der Waals surface area (Å²) in [5, 5.41) is 11.0. The van der Waals surface area contributed by atoms with Crippen LogP contribution in [0.1, 0.15) is 108 Å². The molecular weight excluding hydrogens is 476 g/mol. The van der Waals surface area contributed by atoms with Crippen LogP contribution in [-0.2, 0) is 19.1 Å². The highest BCUT2D eigenvalue weighted by Crippen LogP contribution is 2.69. The monoisotopic (exact) mass is 524 g/mol. The first kappa shape index (κ1) is 30.3. The Hall–Kier alpha value is -2.27. The van der Waals surface area contributed by atoms with Crippen LogP contribution in [0.3, 0.4) is 0 Å². The molecule has 5 nitrogen and oxygen atoms in total. The summed E-state index contributed by atoms with van der Waals surface area (Å²) in [6, 6.07) is 0. The number of rotatable bonds is 9. The topological polar surface area (TPSA) is 80.7 Å². The van der Waals surface area contributed by atoms with E-state index in [1.54, 1.807) is 13.8 Å². The molecule has 1 saturated heterocycles. The van der Waals surface area contributed by atoms with Gasteiger partial charge in [-0.3, -0.25) is 14.4 Å². The Balaban J connectivity index is 2.38. The van der Waals surface area contributed by atoms with E-state index in [1.165, 1.54) is 12.5 Å². The number of carbonyl (C=O) groups excluding carboxylic acids is 3. The van der Waals surface area contributed by atoms with Gasteiger partial charge in [-0.05, 0) is 106 Å². The largest absolute Gasteiger partial charge is 0.490 e. The molecule has 0 aromatic carbocycles. The second-order valence-corrected chi connectivity index (χ2v) is 13.5. The van der Waals surface area contributed by atoms with Gasteiger partial charge in [0.2, 0.25) is 0 Å². The van der Waals surface area contributed by atoms with Gasteiger partial charge in [-0.25, -0.2) is 0 Å². The number of ketones is 3. The van der Waals surface area contributed by atoms with Crippen LogP contribution in [0.15, 0.2) is 46.3 Å². The van der Waals surface area contributed by atoms with Crippen molar-refractivity contribution in [2.75, 3.05) is 0 Å². The normalized spacial score (nSPS) is 32.4. The summed E-state index contributed by atoms with van der Waals surface area (Å²) in [4.78, 5) is 43.5. The van der Waals surface area contributed by atoms with Gasteiger partial charge in [-0.1, -0.05) is 41.9 Å². The van der Waals surface area contributed by atoms with Gasteiger partial charge in [0.05, 0.1) is 11.0 Å². The lowest BCUT2D eigenvalue weighted by molar-refractivity contribution is -0.176. The van der Waals surface area contributed by atoms with Crippen molar-refractivity contribution in [3.63, 3.8) is 0 Å². The Morgan fingerprint density at radius 2 is 1.55 bits per heavy atom. The number of hydrogen-bond donors (Lipinski definition) is 1. The van der Waals surface area contributed by atoms with Crippen molar-refractivity contribution >= 4 is 17.3 Å². The molecule has 1 heterocycles. The molecule has 38 heavy (non-hydrogen) atoms. The van der Waals surface area contributed by atoms with Crippen LogP contribution in [0, 0.1) is 22.2 Å². The van der Waals surface area contributed by atoms with Gasteiger partial charge < -0.3 is 9.84 Å². The highest BCUT2D eigenvalue weighted by molar-refractivity contribution is 6.33. The summed E-state index contributed by atoms with van der Waals surface area (Å²) in [6.07, 6.45) is 8.64. The molecule has 0 aromatic rings. The molecule has 5 heteroatoms. The zero-order valence-electron chi connectivity index (χ0n) is 25.2. The van der Waals surface area contributed by atoms with Crippen LogP contribution in [0.25, 0.3) is 0 Å². The van der Waals surface area contributed by atoms with Crippen molar-refractivity contribution in [2.24, 2.45) is 22.2 Å². The minimum absolute atomic E-state index is 0.0855. The van der Waals surface area contributed by atoms with Crippen molar-refractivity contribution in [2.45, 2.75) is 119 Å². The maximum absolute atomic E-state index is 14.9. The van der Waals surface area contributed by atoms with E-state index < -0.39 is 33.7 Å². The molecule has 2 fully saturated rings. The second-order valence-electron chi connectivity index (χ2n) is 13.5. The third-order valence-corrected chi connectivity index (χ3v) is 9.30. The molecule has 3 rings (SSSR count). The molecule has 0 amide bonds. The van der Waals surface area contributed by atoms with E-state index in [4.69, 9.17) is 4.74 Å². The van der Waals surface area contributed by atoms with Gasteiger partial charge in [0.25, 0.3) is 0 Å². The summed E-state index contributed by atoms with van der Waals surface area (Å²) in [6.45, 7) is 18.9. The van der Waals surface area contributed by atoms with E-state index in [1.807, 2.05) is 54.5 Å². The Morgan fingerprint density at radius 3 is 2.05 bits per heavy atom. The van der Waals surface area contributed by atoms with E-state index in [2.05, 4.69) is 12.2 Å². The van der Waals surface area contributed by atoms with E-state index in [9.17, 15) is 19.5 Å². The number of Topliss-reactive ketones (excluding diaryl/α,β-unsaturated/α-hetero) is 3. The number of allylic oxidation sites excluding steroid dienone is 8. The Morgan fingerprint density at radius 1 is 0.974 bits per heavy atom. The minimum Gasteiger partial charge on any atom is -0.490 e. The molecule has 0 aromatic heterocycles. The fourth-order valence-electron chi connectivity index (χ4n) is 7.17. The molecule has 0 unspecified atom stereocenters. The fourth-order valence-corrected chi connectivity index (χ4v) is 7.17. The molecule has 3 aliphatic rings. The second kappa shape index (κ2) is 10.4. The summed E-state index contributed by atoms with van der Waals surface area (Å²) in [5.74, 6) is -0.747. The number of ether oxygens (including phenoxy) is 1. The Bertz CT molecular complexity index is 1130. The quantitative estimate of drug-likeness (QED) is 0.259. The summed E-state index contributed by atoms with van der Waals surface area (Å²) >= 11 is 0. The highest BCUT2D eigenvalue weighted by atomic mass is 16.5. The van der Waals surface area contributed by atoms with E-state index in [0.717, 1.165) is 11.1 Å². The van der Waals surface area contributed by atoms with Crippen LogP contribution >= 0.6 is 0 Å². The van der Waals surface area contributed by atoms with Crippen molar-refractivity contribution in [1.82, 2.24) is 0 Å². The zero-order valence-corrected chi connectivity index (χ0v) is 25.2. The van der Waals surface area contributed by atoms with Crippen molar-refractivity contribution in [1.29, 1.82) is 0 Å². The van der Waals surface area contributed by atoms with Gasteiger partial charge >= 0.3 is 0 Å². The van der Waals surface area contributed by atoms with Crippen molar-refractivity contribution < 1.29 is 24.2 Å². The average Bonchev–Trinajstić information content (AvgIpc) is 3.16. The van der Waals surface area contributed by atoms with Crippen LogP contribution in [-0.4, -0.2) is 34.2 Å². The van der Waals surface area contributed by atoms with Crippen LogP contribution in [0.5, 0.6) is 0 Å². The molecule has 2 bridgehead atoms. The van der Waals surface area contributed by atoms with Gasteiger partial charge in [-0.2, -0.15) is 0 Å². The molecule has 210 valence electrons. The molecule has 5 atom stereocenters. The molecule has 1 aliphatic heterocycles. The van der Waals surface area contributed by atoms with E-state index in [-0.39, 0.29) is 23.9 Å². The Labute approximate surface area is 229 Å². The highest BCUT2D eigenvalue weighted by Gasteiger charge is 2.77. The minimum atomic E-state index is -1.77. The molecule has 1 spiro atoms. The molecule has 0 radical (unpaired) electrons. The summed E-state index contributed by atoms with van der Waals surface area (Å²) < 4.78 is 6.39. The molecular formula is C33H48O5. The predicted octanol–water partition coefficient (Wildman–Crippen LogP) is 7.00. The summed E-state index contributed by atoms with van der Waals surface area (Å²) in [7, 11) is 0. The zero-order chi connectivity index (χ0) is 28.8. The van der Waals surface area contributed by atoms with Crippen molar-refractivity contribution in [3.8, 4) is 0 Å². The lowest BCUT2D eigenvalue weighted by Gasteiger charge is -2.59. The first-order valence-corrected chi connectivity index (χ1v) is 14.1. The molecule has 1 N–H and O–H groups in total. The third-order valence-electron chi connectivity index (χ3n) is 9.30. The lowest BCUT2D eigenvalue weighted by Crippen LogP contribution is -2.69. The third kappa shape index (κ3) is 4.69. The lowest BCUT2D eigenvalue weighted by atomic mass is 9.38. The molecule has 2 aliphatic carbocycles. The molecule has 1 saturated carbocycles. The van der Waals surface area contributed by atoms with E-state index >= 15 is 0 Å². The maximum atomic E-state index is 14.9. The first-order chi connectivity index (χ1) is 17.4. The Kier molecular flexibility index (Phi) is 8.26. The first-order valence-electron chi connectivity index (χ1n) is 14.1. The van der Waals surface area contributed by atoms with Crippen LogP contribution in [0.2, 0.25) is 0 Å². The van der Waals surface area contributed by atoms with Crippen molar-refractivity contribution in [3.05, 3.63) is 46.3 Å². The van der Waals surface area contributed by atoms with Gasteiger partial charge in [0.15, 0.2) is 22.8 Å². The standard InChI is InChI=1S/C33H48O5/c1-20(2)12-11-17-31(10)24(15-13-21(3)4)18-32-19-26(30(8,9)37)38-28(32)25(16-14-22(5)6)27(35)33(31,23(7)34)29(32)36/h12-14,24,26,37H,11,15-19H2,1-10H3/t24-,26-,31+,32-,33-/m0/s1. The van der Waals surface area contributed by atoms with Gasteiger partial charge in [-0.15, -0.1) is 0 Å². The predicted molar refractivity (Wildman–Crippen MR) is 151 cm³/mol. The number of fused-ring (bicyclic) bond motifs is 1. The van der Waals surface area contributed by atoms with Gasteiger partial charge in [0.1, 0.15) is 11.9 Å². The number of carbonyl (C=O) groups is 3. The van der Waals surface area contributed by atoms with Crippen LogP contribution < -0.4 is 0 Å².